The molecule has 5 nitrogen and oxygen atoms in total. The Hall–Kier alpha value is -2.51. The van der Waals surface area contributed by atoms with Crippen molar-refractivity contribution < 1.29 is 22.6 Å². The Balaban J connectivity index is 2.32. The maximum Gasteiger partial charge on any atom is 0.423 e. The molecule has 1 atom stereocenters. The Kier molecular flexibility index (Phi) is 6.51. The summed E-state index contributed by atoms with van der Waals surface area (Å²) in [5, 5.41) is 0. The lowest BCUT2D eigenvalue weighted by atomic mass is 10.2. The number of rotatable bonds is 7. The van der Waals surface area contributed by atoms with Gasteiger partial charge in [-0.2, -0.15) is 18.2 Å². The third-order valence-corrected chi connectivity index (χ3v) is 3.83. The smallest absolute Gasteiger partial charge is 0.423 e. The van der Waals surface area contributed by atoms with Gasteiger partial charge in [0.15, 0.2) is 0 Å². The topological polar surface area (TPSA) is 47.5 Å². The highest BCUT2D eigenvalue weighted by molar-refractivity contribution is 5.58. The molecule has 27 heavy (non-hydrogen) atoms. The van der Waals surface area contributed by atoms with Crippen LogP contribution in [0.5, 0.6) is 11.6 Å². The van der Waals surface area contributed by atoms with E-state index >= 15 is 0 Å². The van der Waals surface area contributed by atoms with E-state index in [2.05, 4.69) is 9.97 Å². The number of alkyl halides is 3. The zero-order valence-corrected chi connectivity index (χ0v) is 16.0. The van der Waals surface area contributed by atoms with Crippen molar-refractivity contribution in [2.75, 3.05) is 11.9 Å². The van der Waals surface area contributed by atoms with Gasteiger partial charge in [-0.3, -0.25) is 0 Å². The standard InChI is InChI=1S/C19H24F3N3O2/c1-6-13(4)27-17-16(19(20,21)22)11-23-18(24-17)25(5)14-7-9-15(10-8-14)26-12(2)3/h7-13H,6H2,1-5H3. The summed E-state index contributed by atoms with van der Waals surface area (Å²) >= 11 is 0. The molecule has 0 saturated heterocycles. The van der Waals surface area contributed by atoms with Crippen LogP contribution in [-0.4, -0.2) is 29.2 Å². The molecule has 0 bridgehead atoms. The molecule has 0 saturated carbocycles. The fourth-order valence-electron chi connectivity index (χ4n) is 2.21. The molecule has 2 aromatic rings. The third kappa shape index (κ3) is 5.48. The normalized spacial score (nSPS) is 12.8. The highest BCUT2D eigenvalue weighted by Gasteiger charge is 2.37. The maximum absolute atomic E-state index is 13.2. The third-order valence-electron chi connectivity index (χ3n) is 3.83. The van der Waals surface area contributed by atoms with Crippen molar-refractivity contribution in [3.8, 4) is 11.6 Å². The van der Waals surface area contributed by atoms with E-state index in [1.54, 1.807) is 43.1 Å². The number of ether oxygens (including phenoxy) is 2. The molecule has 1 aromatic heterocycles. The molecule has 0 aliphatic rings. The molecule has 0 aliphatic heterocycles. The van der Waals surface area contributed by atoms with Crippen LogP contribution < -0.4 is 14.4 Å². The van der Waals surface area contributed by atoms with Crippen molar-refractivity contribution in [1.29, 1.82) is 0 Å². The maximum atomic E-state index is 13.2. The Bertz CT molecular complexity index is 749. The predicted octanol–water partition coefficient (Wildman–Crippen LogP) is 5.23. The molecule has 0 spiro atoms. The molecule has 1 aromatic carbocycles. The first-order valence-corrected chi connectivity index (χ1v) is 8.73. The van der Waals surface area contributed by atoms with Gasteiger partial charge in [-0.25, -0.2) is 4.98 Å². The van der Waals surface area contributed by atoms with Gasteiger partial charge in [0.2, 0.25) is 11.8 Å². The number of benzene rings is 1. The monoisotopic (exact) mass is 383 g/mol. The number of hydrogen-bond donors (Lipinski definition) is 0. The van der Waals surface area contributed by atoms with Crippen LogP contribution in [0.25, 0.3) is 0 Å². The first-order valence-electron chi connectivity index (χ1n) is 8.73. The summed E-state index contributed by atoms with van der Waals surface area (Å²) in [7, 11) is 1.67. The van der Waals surface area contributed by atoms with Crippen molar-refractivity contribution in [3.05, 3.63) is 36.0 Å². The van der Waals surface area contributed by atoms with E-state index in [0.29, 0.717) is 17.9 Å². The number of aromatic nitrogens is 2. The Morgan fingerprint density at radius 2 is 1.70 bits per heavy atom. The van der Waals surface area contributed by atoms with E-state index in [-0.39, 0.29) is 12.1 Å². The number of halogens is 3. The number of hydrogen-bond acceptors (Lipinski definition) is 5. The Morgan fingerprint density at radius 3 is 2.22 bits per heavy atom. The number of nitrogens with zero attached hydrogens (tertiary/aromatic N) is 3. The van der Waals surface area contributed by atoms with Gasteiger partial charge in [0.05, 0.1) is 12.2 Å². The minimum absolute atomic E-state index is 0.0482. The second-order valence-corrected chi connectivity index (χ2v) is 6.44. The summed E-state index contributed by atoms with van der Waals surface area (Å²) in [5.41, 5.74) is -0.277. The first kappa shape index (κ1) is 20.8. The van der Waals surface area contributed by atoms with Crippen molar-refractivity contribution in [1.82, 2.24) is 9.97 Å². The van der Waals surface area contributed by atoms with E-state index in [9.17, 15) is 13.2 Å². The summed E-state index contributed by atoms with van der Waals surface area (Å²) in [4.78, 5) is 9.47. The average Bonchev–Trinajstić information content (AvgIpc) is 2.60. The molecule has 1 heterocycles. The van der Waals surface area contributed by atoms with E-state index < -0.39 is 23.7 Å². The quantitative estimate of drug-likeness (QED) is 0.655. The lowest BCUT2D eigenvalue weighted by Gasteiger charge is -2.21. The zero-order valence-electron chi connectivity index (χ0n) is 16.0. The van der Waals surface area contributed by atoms with Gasteiger partial charge in [-0.15, -0.1) is 0 Å². The van der Waals surface area contributed by atoms with E-state index in [0.717, 1.165) is 6.20 Å². The van der Waals surface area contributed by atoms with Crippen LogP contribution in [0.15, 0.2) is 30.5 Å². The molecule has 8 heteroatoms. The van der Waals surface area contributed by atoms with Crippen molar-refractivity contribution >= 4 is 11.6 Å². The average molecular weight is 383 g/mol. The molecule has 2 rings (SSSR count). The second kappa shape index (κ2) is 8.45. The summed E-state index contributed by atoms with van der Waals surface area (Å²) in [6.07, 6.45) is -3.62. The molecular weight excluding hydrogens is 359 g/mol. The highest BCUT2D eigenvalue weighted by Crippen LogP contribution is 2.36. The molecule has 0 N–H and O–H groups in total. The Labute approximate surface area is 157 Å². The largest absolute Gasteiger partial charge is 0.491 e. The van der Waals surface area contributed by atoms with Crippen LogP contribution in [0, 0.1) is 0 Å². The van der Waals surface area contributed by atoms with Gasteiger partial charge in [0.1, 0.15) is 11.3 Å². The van der Waals surface area contributed by atoms with E-state index in [1.165, 1.54) is 0 Å². The van der Waals surface area contributed by atoms with Crippen LogP contribution in [0.1, 0.15) is 39.7 Å². The lowest BCUT2D eigenvalue weighted by Crippen LogP contribution is -2.19. The predicted molar refractivity (Wildman–Crippen MR) is 97.7 cm³/mol. The SMILES string of the molecule is CCC(C)Oc1nc(N(C)c2ccc(OC(C)C)cc2)ncc1C(F)(F)F. The summed E-state index contributed by atoms with van der Waals surface area (Å²) in [6, 6.07) is 7.14. The van der Waals surface area contributed by atoms with Gasteiger partial charge in [-0.05, 0) is 51.5 Å². The van der Waals surface area contributed by atoms with E-state index in [1.807, 2.05) is 20.8 Å². The fraction of sp³-hybridized carbons (Fsp3) is 0.474. The van der Waals surface area contributed by atoms with Gasteiger partial charge < -0.3 is 14.4 Å². The van der Waals surface area contributed by atoms with Gasteiger partial charge in [-0.1, -0.05) is 6.92 Å². The number of anilines is 2. The first-order chi connectivity index (χ1) is 12.6. The van der Waals surface area contributed by atoms with Crippen molar-refractivity contribution in [2.45, 2.75) is 52.5 Å². The fourth-order valence-corrected chi connectivity index (χ4v) is 2.21. The minimum atomic E-state index is -4.59. The van der Waals surface area contributed by atoms with Crippen molar-refractivity contribution in [2.24, 2.45) is 0 Å². The van der Waals surface area contributed by atoms with Crippen LogP contribution >= 0.6 is 0 Å². The van der Waals surface area contributed by atoms with Gasteiger partial charge in [0.25, 0.3) is 0 Å². The summed E-state index contributed by atoms with van der Waals surface area (Å²) in [6.45, 7) is 7.37. The van der Waals surface area contributed by atoms with E-state index in [4.69, 9.17) is 9.47 Å². The van der Waals surface area contributed by atoms with Crippen molar-refractivity contribution in [3.63, 3.8) is 0 Å². The molecule has 1 unspecified atom stereocenters. The Morgan fingerprint density at radius 1 is 1.07 bits per heavy atom. The van der Waals surface area contributed by atoms with Gasteiger partial charge in [0, 0.05) is 18.9 Å². The van der Waals surface area contributed by atoms with Crippen LogP contribution in [0.4, 0.5) is 24.8 Å². The second-order valence-electron chi connectivity index (χ2n) is 6.44. The molecule has 0 fully saturated rings. The van der Waals surface area contributed by atoms with Crippen LogP contribution in [-0.2, 0) is 6.18 Å². The van der Waals surface area contributed by atoms with Crippen LogP contribution in [0.3, 0.4) is 0 Å². The molecule has 148 valence electrons. The molecule has 0 radical (unpaired) electrons. The molecular formula is C19H24F3N3O2. The van der Waals surface area contributed by atoms with Gasteiger partial charge >= 0.3 is 6.18 Å². The molecule has 0 aliphatic carbocycles. The minimum Gasteiger partial charge on any atom is -0.491 e. The van der Waals surface area contributed by atoms with Crippen LogP contribution in [0.2, 0.25) is 0 Å². The summed E-state index contributed by atoms with van der Waals surface area (Å²) < 4.78 is 50.6. The highest BCUT2D eigenvalue weighted by atomic mass is 19.4. The zero-order chi connectivity index (χ0) is 20.2. The summed E-state index contributed by atoms with van der Waals surface area (Å²) in [5.74, 6) is 0.351. The molecule has 0 amide bonds. The lowest BCUT2D eigenvalue weighted by molar-refractivity contribution is -0.139.